The van der Waals surface area contributed by atoms with E-state index in [1.807, 2.05) is 13.8 Å². The van der Waals surface area contributed by atoms with Crippen molar-refractivity contribution in [3.05, 3.63) is 0 Å². The fourth-order valence-electron chi connectivity index (χ4n) is 1.52. The molecule has 2 unspecified atom stereocenters. The van der Waals surface area contributed by atoms with Crippen LogP contribution in [0.15, 0.2) is 0 Å². The van der Waals surface area contributed by atoms with Gasteiger partial charge in [-0.1, -0.05) is 6.92 Å². The maximum atomic E-state index is 11.6. The summed E-state index contributed by atoms with van der Waals surface area (Å²) in [5, 5.41) is 3.00. The van der Waals surface area contributed by atoms with Gasteiger partial charge in [-0.3, -0.25) is 4.79 Å². The predicted molar refractivity (Wildman–Crippen MR) is 56.5 cm³/mol. The minimum atomic E-state index is -0.199. The highest BCUT2D eigenvalue weighted by atomic mass is 35.5. The second kappa shape index (κ2) is 4.99. The number of nitrogens with one attached hydrogen (secondary N) is 1. The molecule has 0 aliphatic carbocycles. The van der Waals surface area contributed by atoms with Crippen molar-refractivity contribution in [1.82, 2.24) is 5.32 Å². The van der Waals surface area contributed by atoms with Crippen molar-refractivity contribution in [3.63, 3.8) is 0 Å². The van der Waals surface area contributed by atoms with Crippen molar-refractivity contribution in [2.75, 3.05) is 19.1 Å². The van der Waals surface area contributed by atoms with E-state index >= 15 is 0 Å². The highest BCUT2D eigenvalue weighted by Crippen LogP contribution is 2.18. The Kier molecular flexibility index (Phi) is 4.20. The topological polar surface area (TPSA) is 38.3 Å². The number of carbonyl (C=O) groups excluding carboxylic acids is 1. The zero-order valence-electron chi connectivity index (χ0n) is 8.81. The number of amides is 1. The molecule has 1 N–H and O–H groups in total. The third kappa shape index (κ3) is 3.14. The lowest BCUT2D eigenvalue weighted by atomic mass is 9.94. The monoisotopic (exact) mass is 219 g/mol. The number of halogens is 1. The van der Waals surface area contributed by atoms with Crippen LogP contribution in [-0.2, 0) is 9.53 Å². The van der Waals surface area contributed by atoms with Crippen molar-refractivity contribution < 1.29 is 9.53 Å². The first-order chi connectivity index (χ1) is 6.57. The Bertz CT molecular complexity index is 202. The van der Waals surface area contributed by atoms with E-state index in [9.17, 15) is 4.79 Å². The molecule has 14 heavy (non-hydrogen) atoms. The fraction of sp³-hybridized carbons (Fsp3) is 0.900. The third-order valence-electron chi connectivity index (χ3n) is 2.54. The number of hydrogen-bond donors (Lipinski definition) is 1. The van der Waals surface area contributed by atoms with Gasteiger partial charge in [0.05, 0.1) is 12.1 Å². The van der Waals surface area contributed by atoms with Crippen LogP contribution >= 0.6 is 11.6 Å². The summed E-state index contributed by atoms with van der Waals surface area (Å²) in [4.78, 5) is 11.6. The average Bonchev–Trinajstić information content (AvgIpc) is 2.17. The molecule has 0 aromatic carbocycles. The van der Waals surface area contributed by atoms with Crippen molar-refractivity contribution >= 4 is 17.5 Å². The van der Waals surface area contributed by atoms with E-state index in [-0.39, 0.29) is 17.4 Å². The SMILES string of the molecule is CC(CCl)C(=O)NC1(C)CCCOC1. The number of carbonyl (C=O) groups is 1. The Hall–Kier alpha value is -0.280. The van der Waals surface area contributed by atoms with E-state index in [1.54, 1.807) is 0 Å². The molecule has 1 amide bonds. The zero-order valence-corrected chi connectivity index (χ0v) is 9.56. The van der Waals surface area contributed by atoms with E-state index in [0.29, 0.717) is 12.5 Å². The molecule has 0 aromatic rings. The number of rotatable bonds is 3. The third-order valence-corrected chi connectivity index (χ3v) is 3.00. The van der Waals surface area contributed by atoms with Crippen molar-refractivity contribution in [3.8, 4) is 0 Å². The minimum Gasteiger partial charge on any atom is -0.379 e. The van der Waals surface area contributed by atoms with Crippen molar-refractivity contribution in [2.45, 2.75) is 32.2 Å². The van der Waals surface area contributed by atoms with Gasteiger partial charge < -0.3 is 10.1 Å². The van der Waals surface area contributed by atoms with Gasteiger partial charge in [-0.15, -0.1) is 11.6 Å². The Balaban J connectivity index is 2.44. The van der Waals surface area contributed by atoms with Gasteiger partial charge in [0.1, 0.15) is 0 Å². The largest absolute Gasteiger partial charge is 0.379 e. The van der Waals surface area contributed by atoms with Crippen LogP contribution in [0.4, 0.5) is 0 Å². The van der Waals surface area contributed by atoms with Crippen LogP contribution < -0.4 is 5.32 Å². The van der Waals surface area contributed by atoms with E-state index in [1.165, 1.54) is 0 Å². The second-order valence-electron chi connectivity index (χ2n) is 4.26. The molecule has 0 aromatic heterocycles. The molecule has 1 rings (SSSR count). The van der Waals surface area contributed by atoms with Crippen LogP contribution in [0, 0.1) is 5.92 Å². The summed E-state index contributed by atoms with van der Waals surface area (Å²) in [6, 6.07) is 0. The molecular weight excluding hydrogens is 202 g/mol. The summed E-state index contributed by atoms with van der Waals surface area (Å²) in [5.74, 6) is 0.256. The lowest BCUT2D eigenvalue weighted by Crippen LogP contribution is -2.53. The molecule has 0 saturated carbocycles. The lowest BCUT2D eigenvalue weighted by molar-refractivity contribution is -0.127. The van der Waals surface area contributed by atoms with Crippen LogP contribution in [0.25, 0.3) is 0 Å². The van der Waals surface area contributed by atoms with Gasteiger partial charge in [0.2, 0.25) is 5.91 Å². The van der Waals surface area contributed by atoms with Gasteiger partial charge in [0.15, 0.2) is 0 Å². The molecule has 0 spiro atoms. The standard InChI is InChI=1S/C10H18ClNO2/c1-8(6-11)9(13)12-10(2)4-3-5-14-7-10/h8H,3-7H2,1-2H3,(H,12,13). The summed E-state index contributed by atoms with van der Waals surface area (Å²) >= 11 is 5.62. The maximum Gasteiger partial charge on any atom is 0.224 e. The molecule has 0 radical (unpaired) electrons. The number of hydrogen-bond acceptors (Lipinski definition) is 2. The number of ether oxygens (including phenoxy) is 1. The Morgan fingerprint density at radius 3 is 2.93 bits per heavy atom. The molecule has 0 bridgehead atoms. The summed E-state index contributed by atoms with van der Waals surface area (Å²) < 4.78 is 5.35. The second-order valence-corrected chi connectivity index (χ2v) is 4.57. The summed E-state index contributed by atoms with van der Waals surface area (Å²) in [7, 11) is 0. The zero-order chi connectivity index (χ0) is 10.6. The maximum absolute atomic E-state index is 11.6. The van der Waals surface area contributed by atoms with Crippen LogP contribution in [0.1, 0.15) is 26.7 Å². The van der Waals surface area contributed by atoms with E-state index in [2.05, 4.69) is 5.32 Å². The molecule has 1 aliphatic rings. The van der Waals surface area contributed by atoms with Gasteiger partial charge in [-0.25, -0.2) is 0 Å². The van der Waals surface area contributed by atoms with Crippen molar-refractivity contribution in [1.29, 1.82) is 0 Å². The van der Waals surface area contributed by atoms with E-state index in [4.69, 9.17) is 16.3 Å². The predicted octanol–water partition coefficient (Wildman–Crippen LogP) is 1.55. The highest BCUT2D eigenvalue weighted by Gasteiger charge is 2.30. The molecule has 1 saturated heterocycles. The molecular formula is C10H18ClNO2. The van der Waals surface area contributed by atoms with E-state index < -0.39 is 0 Å². The smallest absolute Gasteiger partial charge is 0.224 e. The molecule has 3 nitrogen and oxygen atoms in total. The van der Waals surface area contributed by atoms with Gasteiger partial charge in [0.25, 0.3) is 0 Å². The van der Waals surface area contributed by atoms with Crippen LogP contribution in [0.3, 0.4) is 0 Å². The summed E-state index contributed by atoms with van der Waals surface area (Å²) in [5.41, 5.74) is -0.199. The number of alkyl halides is 1. The molecule has 2 atom stereocenters. The first-order valence-electron chi connectivity index (χ1n) is 5.03. The summed E-state index contributed by atoms with van der Waals surface area (Å²) in [6.45, 7) is 5.25. The Morgan fingerprint density at radius 2 is 2.43 bits per heavy atom. The minimum absolute atomic E-state index is 0.0213. The average molecular weight is 220 g/mol. The summed E-state index contributed by atoms with van der Waals surface area (Å²) in [6.07, 6.45) is 1.99. The van der Waals surface area contributed by atoms with Crippen LogP contribution in [-0.4, -0.2) is 30.5 Å². The quantitative estimate of drug-likeness (QED) is 0.732. The highest BCUT2D eigenvalue weighted by molar-refractivity contribution is 6.19. The van der Waals surface area contributed by atoms with Gasteiger partial charge in [-0.2, -0.15) is 0 Å². The van der Waals surface area contributed by atoms with Crippen molar-refractivity contribution in [2.24, 2.45) is 5.92 Å². The fourth-order valence-corrected chi connectivity index (χ4v) is 1.66. The van der Waals surface area contributed by atoms with Crippen LogP contribution in [0.2, 0.25) is 0 Å². The normalized spacial score (nSPS) is 29.6. The first-order valence-corrected chi connectivity index (χ1v) is 5.56. The first kappa shape index (κ1) is 11.8. The van der Waals surface area contributed by atoms with Crippen LogP contribution in [0.5, 0.6) is 0 Å². The van der Waals surface area contributed by atoms with E-state index in [0.717, 1.165) is 19.4 Å². The molecule has 1 heterocycles. The van der Waals surface area contributed by atoms with Gasteiger partial charge in [-0.05, 0) is 19.8 Å². The van der Waals surface area contributed by atoms with Gasteiger partial charge >= 0.3 is 0 Å². The molecule has 1 aliphatic heterocycles. The Labute approximate surface area is 90.1 Å². The molecule has 4 heteroatoms. The van der Waals surface area contributed by atoms with Gasteiger partial charge in [0, 0.05) is 18.4 Å². The molecule has 82 valence electrons. The lowest BCUT2D eigenvalue weighted by Gasteiger charge is -2.35. The Morgan fingerprint density at radius 1 is 1.71 bits per heavy atom. The molecule has 1 fully saturated rings.